The fraction of sp³-hybridized carbons (Fsp3) is 0.250. The number of allylic oxidation sites excluding steroid dienone is 1. The first-order valence-electron chi connectivity index (χ1n) is 4.76. The zero-order valence-electron chi connectivity index (χ0n) is 9.07. The van der Waals surface area contributed by atoms with Gasteiger partial charge in [0, 0.05) is 12.0 Å². The molecule has 0 aliphatic carbocycles. The standard InChI is InChI=1S/C12H10F4O/c1-7(2)5-11(17)9-6-8(13)3-4-10(9)12(14,15)16/h3-4,6H,1,5H2,2H3. The average Bonchev–Trinajstić information content (AvgIpc) is 2.14. The van der Waals surface area contributed by atoms with E-state index in [0.29, 0.717) is 23.8 Å². The molecule has 1 nitrogen and oxygen atoms in total. The summed E-state index contributed by atoms with van der Waals surface area (Å²) in [5, 5.41) is 0. The minimum absolute atomic E-state index is 0.230. The summed E-state index contributed by atoms with van der Waals surface area (Å²) in [6, 6.07) is 1.86. The molecule has 0 bridgehead atoms. The monoisotopic (exact) mass is 246 g/mol. The first-order valence-corrected chi connectivity index (χ1v) is 4.76. The van der Waals surface area contributed by atoms with Crippen LogP contribution in [0, 0.1) is 5.82 Å². The van der Waals surface area contributed by atoms with Crippen molar-refractivity contribution in [3.63, 3.8) is 0 Å². The van der Waals surface area contributed by atoms with Gasteiger partial charge in [-0.05, 0) is 25.1 Å². The van der Waals surface area contributed by atoms with Crippen molar-refractivity contribution >= 4 is 5.78 Å². The molecule has 0 radical (unpaired) electrons. The number of alkyl halides is 3. The smallest absolute Gasteiger partial charge is 0.294 e. The van der Waals surface area contributed by atoms with E-state index in [4.69, 9.17) is 0 Å². The first kappa shape index (κ1) is 13.4. The second-order valence-corrected chi connectivity index (χ2v) is 3.74. The van der Waals surface area contributed by atoms with Gasteiger partial charge in [0.1, 0.15) is 5.82 Å². The summed E-state index contributed by atoms with van der Waals surface area (Å²) in [5.74, 6) is -1.66. The Morgan fingerprint density at radius 1 is 1.35 bits per heavy atom. The topological polar surface area (TPSA) is 17.1 Å². The van der Waals surface area contributed by atoms with Crippen molar-refractivity contribution < 1.29 is 22.4 Å². The van der Waals surface area contributed by atoms with E-state index in [1.54, 1.807) is 0 Å². The summed E-state index contributed by atoms with van der Waals surface area (Å²) < 4.78 is 50.6. The molecule has 0 saturated heterocycles. The number of hydrogen-bond donors (Lipinski definition) is 0. The van der Waals surface area contributed by atoms with Crippen molar-refractivity contribution in [2.45, 2.75) is 19.5 Å². The molecule has 0 fully saturated rings. The van der Waals surface area contributed by atoms with E-state index in [1.807, 2.05) is 0 Å². The van der Waals surface area contributed by atoms with Gasteiger partial charge >= 0.3 is 6.18 Å². The molecule has 0 atom stereocenters. The Morgan fingerprint density at radius 3 is 2.41 bits per heavy atom. The number of carbonyl (C=O) groups excluding carboxylic acids is 1. The predicted octanol–water partition coefficient (Wildman–Crippen LogP) is 3.99. The fourth-order valence-electron chi connectivity index (χ4n) is 1.36. The maximum Gasteiger partial charge on any atom is 0.417 e. The Morgan fingerprint density at radius 2 is 1.94 bits per heavy atom. The van der Waals surface area contributed by atoms with Crippen LogP contribution in [0.25, 0.3) is 0 Å². The molecule has 0 spiro atoms. The highest BCUT2D eigenvalue weighted by molar-refractivity contribution is 5.99. The van der Waals surface area contributed by atoms with Crippen molar-refractivity contribution in [1.29, 1.82) is 0 Å². The van der Waals surface area contributed by atoms with Crippen molar-refractivity contribution in [2.24, 2.45) is 0 Å². The summed E-state index contributed by atoms with van der Waals surface area (Å²) in [5.41, 5.74) is -1.35. The molecular weight excluding hydrogens is 236 g/mol. The maximum atomic E-state index is 12.9. The summed E-state index contributed by atoms with van der Waals surface area (Å²) in [4.78, 5) is 11.5. The number of rotatable bonds is 3. The minimum atomic E-state index is -4.67. The molecule has 0 aliphatic heterocycles. The number of hydrogen-bond acceptors (Lipinski definition) is 1. The van der Waals surface area contributed by atoms with Gasteiger partial charge in [-0.25, -0.2) is 4.39 Å². The molecule has 0 aromatic heterocycles. The largest absolute Gasteiger partial charge is 0.417 e. The van der Waals surface area contributed by atoms with E-state index < -0.39 is 28.9 Å². The van der Waals surface area contributed by atoms with Crippen molar-refractivity contribution in [1.82, 2.24) is 0 Å². The summed E-state index contributed by atoms with van der Waals surface area (Å²) in [6.45, 7) is 4.96. The zero-order chi connectivity index (χ0) is 13.2. The van der Waals surface area contributed by atoms with E-state index in [9.17, 15) is 22.4 Å². The van der Waals surface area contributed by atoms with Gasteiger partial charge in [0.15, 0.2) is 5.78 Å². The lowest BCUT2D eigenvalue weighted by molar-refractivity contribution is -0.137. The second-order valence-electron chi connectivity index (χ2n) is 3.74. The van der Waals surface area contributed by atoms with Crippen LogP contribution in [-0.4, -0.2) is 5.78 Å². The van der Waals surface area contributed by atoms with E-state index >= 15 is 0 Å². The SMILES string of the molecule is C=C(C)CC(=O)c1cc(F)ccc1C(F)(F)F. The van der Waals surface area contributed by atoms with Crippen LogP contribution in [0.4, 0.5) is 17.6 Å². The van der Waals surface area contributed by atoms with Crippen LogP contribution in [0.5, 0.6) is 0 Å². The molecule has 0 aliphatic rings. The van der Waals surface area contributed by atoms with Crippen LogP contribution in [0.1, 0.15) is 29.3 Å². The number of halogens is 4. The number of benzene rings is 1. The molecule has 0 amide bonds. The van der Waals surface area contributed by atoms with Crippen LogP contribution in [-0.2, 0) is 6.18 Å². The molecule has 92 valence electrons. The molecule has 1 aromatic rings. The Labute approximate surface area is 95.8 Å². The number of carbonyl (C=O) groups is 1. The van der Waals surface area contributed by atoms with Crippen molar-refractivity contribution in [3.05, 3.63) is 47.3 Å². The lowest BCUT2D eigenvalue weighted by atomic mass is 9.99. The Balaban J connectivity index is 3.25. The first-order chi connectivity index (χ1) is 7.71. The quantitative estimate of drug-likeness (QED) is 0.447. The second kappa shape index (κ2) is 4.69. The van der Waals surface area contributed by atoms with E-state index in [1.165, 1.54) is 6.92 Å². The Bertz CT molecular complexity index is 460. The normalized spacial score (nSPS) is 11.4. The summed E-state index contributed by atoms with van der Waals surface area (Å²) >= 11 is 0. The maximum absolute atomic E-state index is 12.9. The molecule has 1 rings (SSSR count). The van der Waals surface area contributed by atoms with Gasteiger partial charge in [0.2, 0.25) is 0 Å². The van der Waals surface area contributed by atoms with E-state index in [0.717, 1.165) is 0 Å². The lowest BCUT2D eigenvalue weighted by Gasteiger charge is -2.12. The third kappa shape index (κ3) is 3.41. The highest BCUT2D eigenvalue weighted by atomic mass is 19.4. The molecule has 5 heteroatoms. The van der Waals surface area contributed by atoms with Gasteiger partial charge in [-0.15, -0.1) is 0 Å². The third-order valence-electron chi connectivity index (χ3n) is 2.05. The summed E-state index contributed by atoms with van der Waals surface area (Å²) in [7, 11) is 0. The predicted molar refractivity (Wildman–Crippen MR) is 55.2 cm³/mol. The van der Waals surface area contributed by atoms with Gasteiger partial charge in [0.05, 0.1) is 5.56 Å². The number of ketones is 1. The Hall–Kier alpha value is -1.65. The van der Waals surface area contributed by atoms with Crippen LogP contribution in [0.3, 0.4) is 0 Å². The summed E-state index contributed by atoms with van der Waals surface area (Å²) in [6.07, 6.45) is -4.90. The number of Topliss-reactive ketones (excluding diaryl/α,β-unsaturated/α-hetero) is 1. The lowest BCUT2D eigenvalue weighted by Crippen LogP contribution is -2.13. The highest BCUT2D eigenvalue weighted by Crippen LogP contribution is 2.33. The minimum Gasteiger partial charge on any atom is -0.294 e. The van der Waals surface area contributed by atoms with Gasteiger partial charge in [-0.1, -0.05) is 12.2 Å². The van der Waals surface area contributed by atoms with Gasteiger partial charge in [-0.3, -0.25) is 4.79 Å². The van der Waals surface area contributed by atoms with E-state index in [-0.39, 0.29) is 6.42 Å². The van der Waals surface area contributed by atoms with Crippen LogP contribution < -0.4 is 0 Å². The molecule has 1 aromatic carbocycles. The van der Waals surface area contributed by atoms with Crippen LogP contribution in [0.15, 0.2) is 30.4 Å². The molecule has 0 unspecified atom stereocenters. The fourth-order valence-corrected chi connectivity index (χ4v) is 1.36. The molecular formula is C12H10F4O. The van der Waals surface area contributed by atoms with Gasteiger partial charge in [0.25, 0.3) is 0 Å². The van der Waals surface area contributed by atoms with Crippen molar-refractivity contribution in [2.75, 3.05) is 0 Å². The van der Waals surface area contributed by atoms with Gasteiger partial charge in [-0.2, -0.15) is 13.2 Å². The van der Waals surface area contributed by atoms with E-state index in [2.05, 4.69) is 6.58 Å². The van der Waals surface area contributed by atoms with Gasteiger partial charge < -0.3 is 0 Å². The van der Waals surface area contributed by atoms with Crippen LogP contribution in [0.2, 0.25) is 0 Å². The van der Waals surface area contributed by atoms with Crippen LogP contribution >= 0.6 is 0 Å². The third-order valence-corrected chi connectivity index (χ3v) is 2.05. The molecule has 0 saturated carbocycles. The molecule has 17 heavy (non-hydrogen) atoms. The highest BCUT2D eigenvalue weighted by Gasteiger charge is 2.35. The Kier molecular flexibility index (Phi) is 3.70. The molecule has 0 heterocycles. The zero-order valence-corrected chi connectivity index (χ0v) is 9.07. The van der Waals surface area contributed by atoms with Crippen molar-refractivity contribution in [3.8, 4) is 0 Å². The average molecular weight is 246 g/mol. The molecule has 0 N–H and O–H groups in total.